The van der Waals surface area contributed by atoms with Crippen LogP contribution >= 0.6 is 11.8 Å². The summed E-state index contributed by atoms with van der Waals surface area (Å²) in [5, 5.41) is 0. The van der Waals surface area contributed by atoms with Crippen molar-refractivity contribution in [3.8, 4) is 0 Å². The molecule has 112 valence electrons. The van der Waals surface area contributed by atoms with E-state index >= 15 is 0 Å². The maximum absolute atomic E-state index is 13.6. The maximum atomic E-state index is 13.6. The van der Waals surface area contributed by atoms with Gasteiger partial charge in [0.15, 0.2) is 0 Å². The fraction of sp³-hybridized carbons (Fsp3) is 0.200. The zero-order chi connectivity index (χ0) is 15.2. The summed E-state index contributed by atoms with van der Waals surface area (Å²) in [5.41, 5.74) is 2.57. The summed E-state index contributed by atoms with van der Waals surface area (Å²) in [6, 6.07) is 9.50. The van der Waals surface area contributed by atoms with Crippen molar-refractivity contribution in [3.05, 3.63) is 65.5 Å². The molecule has 0 fully saturated rings. The zero-order valence-electron chi connectivity index (χ0n) is 11.2. The second kappa shape index (κ2) is 7.49. The SMILES string of the molecule is NNC(CSc1ccc(F)cc1)Cc1c(F)cccc1F. The molecule has 1 unspecified atom stereocenters. The lowest BCUT2D eigenvalue weighted by Gasteiger charge is -2.16. The van der Waals surface area contributed by atoms with E-state index in [9.17, 15) is 13.2 Å². The Morgan fingerprint density at radius 2 is 1.62 bits per heavy atom. The van der Waals surface area contributed by atoms with E-state index in [1.807, 2.05) is 0 Å². The first-order valence-corrected chi connectivity index (χ1v) is 7.36. The monoisotopic (exact) mass is 312 g/mol. The Hall–Kier alpha value is -1.50. The molecule has 0 aromatic heterocycles. The Labute approximate surface area is 125 Å². The minimum absolute atomic E-state index is 0.0140. The van der Waals surface area contributed by atoms with Gasteiger partial charge in [-0.25, -0.2) is 13.2 Å². The van der Waals surface area contributed by atoms with Gasteiger partial charge in [0.1, 0.15) is 17.5 Å². The van der Waals surface area contributed by atoms with Gasteiger partial charge in [-0.05, 0) is 42.8 Å². The summed E-state index contributed by atoms with van der Waals surface area (Å²) in [6.45, 7) is 0. The number of benzene rings is 2. The molecule has 1 atom stereocenters. The van der Waals surface area contributed by atoms with Crippen LogP contribution in [0.25, 0.3) is 0 Å². The van der Waals surface area contributed by atoms with Gasteiger partial charge in [0, 0.05) is 22.3 Å². The van der Waals surface area contributed by atoms with Crippen molar-refractivity contribution in [2.75, 3.05) is 5.75 Å². The third kappa shape index (κ3) is 4.49. The first kappa shape index (κ1) is 15.9. The van der Waals surface area contributed by atoms with Crippen LogP contribution in [0.3, 0.4) is 0 Å². The first-order chi connectivity index (χ1) is 10.1. The molecule has 2 nitrogen and oxygen atoms in total. The van der Waals surface area contributed by atoms with E-state index in [4.69, 9.17) is 5.84 Å². The molecule has 21 heavy (non-hydrogen) atoms. The molecule has 0 saturated heterocycles. The highest BCUT2D eigenvalue weighted by molar-refractivity contribution is 7.99. The number of rotatable bonds is 6. The van der Waals surface area contributed by atoms with Gasteiger partial charge >= 0.3 is 0 Å². The van der Waals surface area contributed by atoms with Gasteiger partial charge in [-0.1, -0.05) is 6.07 Å². The molecule has 0 amide bonds. The molecule has 0 aliphatic carbocycles. The molecule has 0 saturated carbocycles. The molecule has 0 bridgehead atoms. The van der Waals surface area contributed by atoms with Gasteiger partial charge in [0.2, 0.25) is 0 Å². The Bertz CT molecular complexity index is 570. The lowest BCUT2D eigenvalue weighted by Crippen LogP contribution is -2.39. The summed E-state index contributed by atoms with van der Waals surface area (Å²) < 4.78 is 40.0. The van der Waals surface area contributed by atoms with Crippen molar-refractivity contribution < 1.29 is 13.2 Å². The Morgan fingerprint density at radius 1 is 1.00 bits per heavy atom. The van der Waals surface area contributed by atoms with Crippen molar-refractivity contribution >= 4 is 11.8 Å². The van der Waals surface area contributed by atoms with Crippen LogP contribution in [0.4, 0.5) is 13.2 Å². The van der Waals surface area contributed by atoms with E-state index in [-0.39, 0.29) is 23.8 Å². The minimum Gasteiger partial charge on any atom is -0.271 e. The van der Waals surface area contributed by atoms with Crippen LogP contribution in [0.15, 0.2) is 47.4 Å². The van der Waals surface area contributed by atoms with Crippen LogP contribution in [0, 0.1) is 17.5 Å². The molecule has 2 aromatic rings. The number of hydrogen-bond acceptors (Lipinski definition) is 3. The smallest absolute Gasteiger partial charge is 0.129 e. The van der Waals surface area contributed by atoms with Gasteiger partial charge in [0.05, 0.1) is 0 Å². The average molecular weight is 312 g/mol. The lowest BCUT2D eigenvalue weighted by molar-refractivity contribution is 0.512. The topological polar surface area (TPSA) is 38.0 Å². The van der Waals surface area contributed by atoms with Gasteiger partial charge < -0.3 is 0 Å². The Balaban J connectivity index is 1.98. The summed E-state index contributed by atoms with van der Waals surface area (Å²) in [4.78, 5) is 0.866. The van der Waals surface area contributed by atoms with Crippen molar-refractivity contribution in [2.24, 2.45) is 5.84 Å². The van der Waals surface area contributed by atoms with Crippen LogP contribution in [-0.2, 0) is 6.42 Å². The predicted molar refractivity (Wildman–Crippen MR) is 78.3 cm³/mol. The van der Waals surface area contributed by atoms with Gasteiger partial charge in [-0.15, -0.1) is 11.8 Å². The van der Waals surface area contributed by atoms with Crippen molar-refractivity contribution in [1.29, 1.82) is 0 Å². The van der Waals surface area contributed by atoms with Crippen molar-refractivity contribution in [1.82, 2.24) is 5.43 Å². The van der Waals surface area contributed by atoms with E-state index in [2.05, 4.69) is 5.43 Å². The molecule has 0 aliphatic heterocycles. The molecule has 0 heterocycles. The number of hydrazine groups is 1. The number of nitrogens with one attached hydrogen (secondary N) is 1. The molecule has 0 aliphatic rings. The highest BCUT2D eigenvalue weighted by atomic mass is 32.2. The van der Waals surface area contributed by atoms with Crippen LogP contribution < -0.4 is 11.3 Å². The van der Waals surface area contributed by atoms with Crippen LogP contribution in [-0.4, -0.2) is 11.8 Å². The zero-order valence-corrected chi connectivity index (χ0v) is 12.0. The average Bonchev–Trinajstić information content (AvgIpc) is 2.48. The Kier molecular flexibility index (Phi) is 5.67. The number of nitrogens with two attached hydrogens (primary N) is 1. The summed E-state index contributed by atoms with van der Waals surface area (Å²) in [6.07, 6.45) is 0.142. The summed E-state index contributed by atoms with van der Waals surface area (Å²) >= 11 is 1.44. The molecule has 2 aromatic carbocycles. The van der Waals surface area contributed by atoms with Gasteiger partial charge in [-0.3, -0.25) is 11.3 Å². The fourth-order valence-corrected chi connectivity index (χ4v) is 2.80. The third-order valence-corrected chi connectivity index (χ3v) is 4.19. The van der Waals surface area contributed by atoms with E-state index in [0.717, 1.165) is 4.90 Å². The number of thioether (sulfide) groups is 1. The molecule has 0 spiro atoms. The largest absolute Gasteiger partial charge is 0.271 e. The molecular weight excluding hydrogens is 297 g/mol. The number of halogens is 3. The second-order valence-corrected chi connectivity index (χ2v) is 5.63. The van der Waals surface area contributed by atoms with Gasteiger partial charge in [-0.2, -0.15) is 0 Å². The summed E-state index contributed by atoms with van der Waals surface area (Å²) in [7, 11) is 0. The van der Waals surface area contributed by atoms with E-state index < -0.39 is 11.6 Å². The van der Waals surface area contributed by atoms with Gasteiger partial charge in [0.25, 0.3) is 0 Å². The molecule has 3 N–H and O–H groups in total. The molecule has 6 heteroatoms. The molecule has 2 rings (SSSR count). The highest BCUT2D eigenvalue weighted by Gasteiger charge is 2.15. The molecule has 0 radical (unpaired) electrons. The van der Waals surface area contributed by atoms with Crippen LogP contribution in [0.5, 0.6) is 0 Å². The second-order valence-electron chi connectivity index (χ2n) is 4.53. The molecular formula is C15H15F3N2S. The fourth-order valence-electron chi connectivity index (χ4n) is 1.87. The quantitative estimate of drug-likeness (QED) is 0.488. The van der Waals surface area contributed by atoms with Crippen LogP contribution in [0.2, 0.25) is 0 Å². The predicted octanol–water partition coefficient (Wildman–Crippen LogP) is 3.27. The lowest BCUT2D eigenvalue weighted by atomic mass is 10.1. The standard InChI is InChI=1S/C15H15F3N2S/c16-10-4-6-12(7-5-10)21-9-11(20-19)8-13-14(17)2-1-3-15(13)18/h1-7,11,20H,8-9,19H2. The Morgan fingerprint density at radius 3 is 2.19 bits per heavy atom. The van der Waals surface area contributed by atoms with E-state index in [0.29, 0.717) is 5.75 Å². The first-order valence-electron chi connectivity index (χ1n) is 6.37. The minimum atomic E-state index is -0.581. The maximum Gasteiger partial charge on any atom is 0.129 e. The van der Waals surface area contributed by atoms with Crippen molar-refractivity contribution in [2.45, 2.75) is 17.4 Å². The number of hydrogen-bond donors (Lipinski definition) is 2. The van der Waals surface area contributed by atoms with E-state index in [1.54, 1.807) is 12.1 Å². The third-order valence-electron chi connectivity index (χ3n) is 3.01. The normalized spacial score (nSPS) is 12.4. The highest BCUT2D eigenvalue weighted by Crippen LogP contribution is 2.21. The van der Waals surface area contributed by atoms with E-state index in [1.165, 1.54) is 42.1 Å². The summed E-state index contributed by atoms with van der Waals surface area (Å²) in [5.74, 6) is 4.48. The van der Waals surface area contributed by atoms with Crippen LogP contribution in [0.1, 0.15) is 5.56 Å². The van der Waals surface area contributed by atoms with Crippen molar-refractivity contribution in [3.63, 3.8) is 0 Å².